The highest BCUT2D eigenvalue weighted by Crippen LogP contribution is 2.20. The Morgan fingerprint density at radius 2 is 1.78 bits per heavy atom. The molecular formula is C19H15FN2O. The number of nitrogens with zero attached hydrogens (tertiary/aromatic N) is 1. The lowest BCUT2D eigenvalue weighted by Gasteiger charge is -2.07. The molecule has 0 bridgehead atoms. The number of halogens is 1. The fourth-order valence-electron chi connectivity index (χ4n) is 2.26. The smallest absolute Gasteiger partial charge is 0.251 e. The van der Waals surface area contributed by atoms with Crippen LogP contribution < -0.4 is 5.32 Å². The average Bonchev–Trinajstić information content (AvgIpc) is 2.61. The van der Waals surface area contributed by atoms with Gasteiger partial charge in [-0.15, -0.1) is 0 Å². The highest BCUT2D eigenvalue weighted by atomic mass is 19.1. The highest BCUT2D eigenvalue weighted by Gasteiger charge is 2.07. The van der Waals surface area contributed by atoms with Crippen LogP contribution in [-0.4, -0.2) is 10.9 Å². The van der Waals surface area contributed by atoms with E-state index in [4.69, 9.17) is 0 Å². The molecule has 0 fully saturated rings. The number of amides is 1. The van der Waals surface area contributed by atoms with E-state index in [-0.39, 0.29) is 11.7 Å². The summed E-state index contributed by atoms with van der Waals surface area (Å²) < 4.78 is 13.0. The van der Waals surface area contributed by atoms with Crippen LogP contribution in [0.2, 0.25) is 0 Å². The molecule has 1 N–H and O–H groups in total. The van der Waals surface area contributed by atoms with E-state index >= 15 is 0 Å². The van der Waals surface area contributed by atoms with Crippen LogP contribution in [0.1, 0.15) is 16.1 Å². The Bertz CT molecular complexity index is 801. The number of nitrogens with one attached hydrogen (secondary N) is 1. The first-order chi connectivity index (χ1) is 11.2. The second kappa shape index (κ2) is 6.83. The largest absolute Gasteiger partial charge is 0.346 e. The average molecular weight is 306 g/mol. The van der Waals surface area contributed by atoms with Crippen molar-refractivity contribution in [3.8, 4) is 11.1 Å². The number of rotatable bonds is 4. The van der Waals surface area contributed by atoms with E-state index < -0.39 is 0 Å². The van der Waals surface area contributed by atoms with Crippen molar-refractivity contribution >= 4 is 5.91 Å². The molecule has 3 nitrogen and oxygen atoms in total. The Balaban J connectivity index is 1.74. The van der Waals surface area contributed by atoms with Crippen molar-refractivity contribution in [2.75, 3.05) is 0 Å². The molecule has 2 aromatic carbocycles. The first-order valence-corrected chi connectivity index (χ1v) is 7.26. The number of carbonyl (C=O) groups excluding carboxylic acids is 1. The third-order valence-corrected chi connectivity index (χ3v) is 3.46. The van der Waals surface area contributed by atoms with E-state index in [0.29, 0.717) is 12.1 Å². The first-order valence-electron chi connectivity index (χ1n) is 7.26. The van der Waals surface area contributed by atoms with Crippen LogP contribution in [0.4, 0.5) is 4.39 Å². The maximum Gasteiger partial charge on any atom is 0.251 e. The lowest BCUT2D eigenvalue weighted by Crippen LogP contribution is -2.23. The van der Waals surface area contributed by atoms with Gasteiger partial charge in [0.1, 0.15) is 5.82 Å². The molecule has 0 radical (unpaired) electrons. The molecule has 0 unspecified atom stereocenters. The summed E-state index contributed by atoms with van der Waals surface area (Å²) in [4.78, 5) is 16.4. The van der Waals surface area contributed by atoms with Gasteiger partial charge >= 0.3 is 0 Å². The van der Waals surface area contributed by atoms with Crippen LogP contribution in [0.15, 0.2) is 72.9 Å². The minimum atomic E-state index is -0.280. The topological polar surface area (TPSA) is 42.0 Å². The predicted molar refractivity (Wildman–Crippen MR) is 87.2 cm³/mol. The van der Waals surface area contributed by atoms with Gasteiger partial charge in [0.2, 0.25) is 0 Å². The molecule has 23 heavy (non-hydrogen) atoms. The van der Waals surface area contributed by atoms with Crippen LogP contribution in [0.5, 0.6) is 0 Å². The van der Waals surface area contributed by atoms with Crippen molar-refractivity contribution < 1.29 is 9.18 Å². The zero-order chi connectivity index (χ0) is 16.1. The van der Waals surface area contributed by atoms with Gasteiger partial charge < -0.3 is 5.32 Å². The summed E-state index contributed by atoms with van der Waals surface area (Å²) in [5, 5.41) is 2.84. The van der Waals surface area contributed by atoms with Crippen LogP contribution in [0.3, 0.4) is 0 Å². The molecule has 0 saturated heterocycles. The van der Waals surface area contributed by atoms with Gasteiger partial charge in [-0.05, 0) is 47.5 Å². The summed E-state index contributed by atoms with van der Waals surface area (Å²) in [7, 11) is 0. The van der Waals surface area contributed by atoms with E-state index in [0.717, 1.165) is 16.8 Å². The minimum Gasteiger partial charge on any atom is -0.346 e. The molecule has 114 valence electrons. The van der Waals surface area contributed by atoms with E-state index in [1.807, 2.05) is 30.3 Å². The van der Waals surface area contributed by atoms with Crippen molar-refractivity contribution in [1.29, 1.82) is 0 Å². The molecule has 0 atom stereocenters. The quantitative estimate of drug-likeness (QED) is 0.796. The highest BCUT2D eigenvalue weighted by molar-refractivity contribution is 5.95. The Hall–Kier alpha value is -3.01. The third kappa shape index (κ3) is 3.80. The molecule has 4 heteroatoms. The predicted octanol–water partition coefficient (Wildman–Crippen LogP) is 3.82. The zero-order valence-electron chi connectivity index (χ0n) is 12.4. The van der Waals surface area contributed by atoms with E-state index in [9.17, 15) is 9.18 Å². The summed E-state index contributed by atoms with van der Waals surface area (Å²) in [5.74, 6) is -0.447. The van der Waals surface area contributed by atoms with E-state index in [1.165, 1.54) is 12.1 Å². The molecule has 3 rings (SSSR count). The summed E-state index contributed by atoms with van der Waals surface area (Å²) in [6.45, 7) is 0.375. The second-order valence-corrected chi connectivity index (χ2v) is 5.09. The Morgan fingerprint density at radius 1 is 0.957 bits per heavy atom. The Labute approximate surface area is 133 Å². The molecule has 0 aliphatic heterocycles. The molecule has 0 aliphatic carbocycles. The monoisotopic (exact) mass is 306 g/mol. The number of aromatic nitrogens is 1. The maximum absolute atomic E-state index is 13.0. The Kier molecular flexibility index (Phi) is 4.43. The molecule has 3 aromatic rings. The fraction of sp³-hybridized carbons (Fsp3) is 0.0526. The fourth-order valence-corrected chi connectivity index (χ4v) is 2.26. The zero-order valence-corrected chi connectivity index (χ0v) is 12.4. The summed E-state index contributed by atoms with van der Waals surface area (Å²) in [6.07, 6.45) is 1.69. The molecule has 1 heterocycles. The van der Waals surface area contributed by atoms with Crippen LogP contribution in [0, 0.1) is 5.82 Å². The first kappa shape index (κ1) is 14.9. The van der Waals surface area contributed by atoms with Gasteiger partial charge in [0.25, 0.3) is 5.91 Å². The summed E-state index contributed by atoms with van der Waals surface area (Å²) >= 11 is 0. The minimum absolute atomic E-state index is 0.167. The van der Waals surface area contributed by atoms with Gasteiger partial charge in [0.15, 0.2) is 0 Å². The molecule has 1 aromatic heterocycles. The van der Waals surface area contributed by atoms with Gasteiger partial charge in [0, 0.05) is 11.8 Å². The van der Waals surface area contributed by atoms with Crippen molar-refractivity contribution in [1.82, 2.24) is 10.3 Å². The number of benzene rings is 2. The van der Waals surface area contributed by atoms with Crippen molar-refractivity contribution in [2.45, 2.75) is 6.54 Å². The standard InChI is InChI=1S/C19H15FN2O/c20-17-9-7-14(8-10-17)15-4-3-5-16(12-15)19(23)22-13-18-6-1-2-11-21-18/h1-12H,13H2,(H,22,23). The molecule has 0 aliphatic rings. The van der Waals surface area contributed by atoms with Gasteiger partial charge in [-0.3, -0.25) is 9.78 Å². The van der Waals surface area contributed by atoms with E-state index in [1.54, 1.807) is 30.5 Å². The second-order valence-electron chi connectivity index (χ2n) is 5.09. The summed E-state index contributed by atoms with van der Waals surface area (Å²) in [5.41, 5.74) is 3.10. The van der Waals surface area contributed by atoms with Crippen LogP contribution in [0.25, 0.3) is 11.1 Å². The Morgan fingerprint density at radius 3 is 2.52 bits per heavy atom. The van der Waals surface area contributed by atoms with Gasteiger partial charge in [-0.1, -0.05) is 30.3 Å². The third-order valence-electron chi connectivity index (χ3n) is 3.46. The van der Waals surface area contributed by atoms with Crippen molar-refractivity contribution in [3.63, 3.8) is 0 Å². The summed E-state index contributed by atoms with van der Waals surface area (Å²) in [6, 6.07) is 19.0. The van der Waals surface area contributed by atoms with Gasteiger partial charge in [-0.2, -0.15) is 0 Å². The molecule has 0 spiro atoms. The lowest BCUT2D eigenvalue weighted by molar-refractivity contribution is 0.0950. The number of hydrogen-bond donors (Lipinski definition) is 1. The number of hydrogen-bond acceptors (Lipinski definition) is 2. The number of pyridine rings is 1. The van der Waals surface area contributed by atoms with Gasteiger partial charge in [0.05, 0.1) is 12.2 Å². The van der Waals surface area contributed by atoms with Gasteiger partial charge in [-0.25, -0.2) is 4.39 Å². The van der Waals surface area contributed by atoms with E-state index in [2.05, 4.69) is 10.3 Å². The van der Waals surface area contributed by atoms with Crippen molar-refractivity contribution in [2.24, 2.45) is 0 Å². The number of carbonyl (C=O) groups is 1. The van der Waals surface area contributed by atoms with Crippen LogP contribution in [-0.2, 0) is 6.54 Å². The lowest BCUT2D eigenvalue weighted by atomic mass is 10.0. The molecular weight excluding hydrogens is 291 g/mol. The van der Waals surface area contributed by atoms with Crippen molar-refractivity contribution in [3.05, 3.63) is 90.0 Å². The molecule has 1 amide bonds. The van der Waals surface area contributed by atoms with Crippen LogP contribution >= 0.6 is 0 Å². The SMILES string of the molecule is O=C(NCc1ccccn1)c1cccc(-c2ccc(F)cc2)c1. The molecule has 0 saturated carbocycles. The normalized spacial score (nSPS) is 10.3. The maximum atomic E-state index is 13.0.